The maximum atomic E-state index is 12.8. The van der Waals surface area contributed by atoms with Gasteiger partial charge in [0.25, 0.3) is 5.91 Å². The highest BCUT2D eigenvalue weighted by Crippen LogP contribution is 2.32. The molecule has 0 aliphatic carbocycles. The van der Waals surface area contributed by atoms with Gasteiger partial charge in [0.15, 0.2) is 11.9 Å². The summed E-state index contributed by atoms with van der Waals surface area (Å²) in [7, 11) is 0. The molecule has 1 amide bonds. The smallest absolute Gasteiger partial charge is 0.265 e. The van der Waals surface area contributed by atoms with E-state index in [9.17, 15) is 4.79 Å². The Morgan fingerprint density at radius 2 is 1.60 bits per heavy atom. The number of hydrogen-bond donors (Lipinski definition) is 1. The van der Waals surface area contributed by atoms with Gasteiger partial charge in [0.05, 0.1) is 5.69 Å². The van der Waals surface area contributed by atoms with E-state index in [-0.39, 0.29) is 5.91 Å². The monoisotopic (exact) mass is 417 g/mol. The Labute approximate surface area is 180 Å². The van der Waals surface area contributed by atoms with Crippen LogP contribution in [0.1, 0.15) is 6.92 Å². The first-order valence-corrected chi connectivity index (χ1v) is 9.96. The number of anilines is 1. The van der Waals surface area contributed by atoms with Crippen molar-refractivity contribution >= 4 is 34.0 Å². The highest BCUT2D eigenvalue weighted by atomic mass is 35.5. The average molecular weight is 418 g/mol. The number of hydrogen-bond acceptors (Lipinski definition) is 3. The zero-order valence-electron chi connectivity index (χ0n) is 16.3. The molecule has 4 aromatic rings. The fraction of sp³-hybridized carbons (Fsp3) is 0.0800. The molecule has 4 aromatic carbocycles. The number of halogens is 1. The third-order valence-corrected chi connectivity index (χ3v) is 4.83. The van der Waals surface area contributed by atoms with Crippen molar-refractivity contribution in [2.24, 2.45) is 0 Å². The zero-order chi connectivity index (χ0) is 20.9. The van der Waals surface area contributed by atoms with E-state index in [1.54, 1.807) is 25.1 Å². The maximum absolute atomic E-state index is 12.8. The molecular formula is C25H20ClNO3. The second kappa shape index (κ2) is 8.89. The Kier molecular flexibility index (Phi) is 5.87. The van der Waals surface area contributed by atoms with Crippen molar-refractivity contribution in [1.29, 1.82) is 0 Å². The van der Waals surface area contributed by atoms with Crippen LogP contribution < -0.4 is 14.8 Å². The minimum atomic E-state index is -0.723. The van der Waals surface area contributed by atoms with Gasteiger partial charge in [0, 0.05) is 10.4 Å². The first-order valence-electron chi connectivity index (χ1n) is 9.58. The lowest BCUT2D eigenvalue weighted by Crippen LogP contribution is -2.30. The van der Waals surface area contributed by atoms with E-state index in [0.717, 1.165) is 10.8 Å². The largest absolute Gasteiger partial charge is 0.480 e. The van der Waals surface area contributed by atoms with Crippen molar-refractivity contribution in [3.8, 4) is 17.2 Å². The molecule has 0 spiro atoms. The molecule has 4 rings (SSSR count). The molecular weight excluding hydrogens is 398 g/mol. The Morgan fingerprint density at radius 3 is 2.43 bits per heavy atom. The molecule has 0 bridgehead atoms. The Bertz CT molecular complexity index is 1170. The van der Waals surface area contributed by atoms with E-state index in [0.29, 0.717) is 28.0 Å². The summed E-state index contributed by atoms with van der Waals surface area (Å²) in [6.07, 6.45) is -0.723. The van der Waals surface area contributed by atoms with Crippen LogP contribution in [-0.2, 0) is 4.79 Å². The molecule has 0 saturated carbocycles. The Balaban J connectivity index is 1.52. The third kappa shape index (κ3) is 4.56. The number of carbonyl (C=O) groups excluding carboxylic acids is 1. The standard InChI is InChI=1S/C25H20ClNO3/c1-17(29-23-13-7-9-18-8-5-6-12-21(18)23)25(28)27-22-16-19(26)14-15-24(22)30-20-10-3-2-4-11-20/h2-17H,1H3,(H,27,28)/t17-/m1/s1. The lowest BCUT2D eigenvalue weighted by Gasteiger charge is -2.18. The van der Waals surface area contributed by atoms with Gasteiger partial charge in [-0.1, -0.05) is 66.2 Å². The van der Waals surface area contributed by atoms with Crippen LogP contribution in [0.4, 0.5) is 5.69 Å². The van der Waals surface area contributed by atoms with Crippen molar-refractivity contribution in [3.63, 3.8) is 0 Å². The maximum Gasteiger partial charge on any atom is 0.265 e. The predicted molar refractivity (Wildman–Crippen MR) is 121 cm³/mol. The summed E-state index contributed by atoms with van der Waals surface area (Å²) < 4.78 is 11.9. The quantitative estimate of drug-likeness (QED) is 0.380. The number of nitrogens with one attached hydrogen (secondary N) is 1. The Morgan fingerprint density at radius 1 is 0.867 bits per heavy atom. The van der Waals surface area contributed by atoms with Crippen LogP contribution in [0.15, 0.2) is 91.0 Å². The van der Waals surface area contributed by atoms with E-state index < -0.39 is 6.10 Å². The highest BCUT2D eigenvalue weighted by Gasteiger charge is 2.18. The van der Waals surface area contributed by atoms with Gasteiger partial charge in [-0.3, -0.25) is 4.79 Å². The van der Waals surface area contributed by atoms with Crippen LogP contribution in [0.2, 0.25) is 5.02 Å². The molecule has 1 atom stereocenters. The van der Waals surface area contributed by atoms with Gasteiger partial charge in [-0.05, 0) is 48.7 Å². The molecule has 30 heavy (non-hydrogen) atoms. The summed E-state index contributed by atoms with van der Waals surface area (Å²) in [5, 5.41) is 5.37. The predicted octanol–water partition coefficient (Wildman–Crippen LogP) is 6.69. The number of para-hydroxylation sites is 1. The molecule has 0 radical (unpaired) electrons. The number of fused-ring (bicyclic) bond motifs is 1. The SMILES string of the molecule is C[C@@H](Oc1cccc2ccccc12)C(=O)Nc1cc(Cl)ccc1Oc1ccccc1. The number of benzene rings is 4. The lowest BCUT2D eigenvalue weighted by molar-refractivity contribution is -0.122. The van der Waals surface area contributed by atoms with Crippen molar-refractivity contribution in [1.82, 2.24) is 0 Å². The van der Waals surface area contributed by atoms with E-state index >= 15 is 0 Å². The first kappa shape index (κ1) is 19.8. The van der Waals surface area contributed by atoms with Crippen LogP contribution in [0.5, 0.6) is 17.2 Å². The van der Waals surface area contributed by atoms with Gasteiger partial charge in [0.2, 0.25) is 0 Å². The minimum absolute atomic E-state index is 0.303. The number of carbonyl (C=O) groups is 1. The van der Waals surface area contributed by atoms with Gasteiger partial charge < -0.3 is 14.8 Å². The fourth-order valence-corrected chi connectivity index (χ4v) is 3.25. The molecule has 150 valence electrons. The summed E-state index contributed by atoms with van der Waals surface area (Å²) in [6, 6.07) is 28.1. The molecule has 5 heteroatoms. The number of rotatable bonds is 6. The molecule has 0 aliphatic rings. The lowest BCUT2D eigenvalue weighted by atomic mass is 10.1. The van der Waals surface area contributed by atoms with E-state index in [1.165, 1.54) is 0 Å². The van der Waals surface area contributed by atoms with Gasteiger partial charge >= 0.3 is 0 Å². The van der Waals surface area contributed by atoms with Crippen LogP contribution in [-0.4, -0.2) is 12.0 Å². The molecule has 1 N–H and O–H groups in total. The third-order valence-electron chi connectivity index (χ3n) is 4.59. The average Bonchev–Trinajstić information content (AvgIpc) is 2.76. The number of amides is 1. The van der Waals surface area contributed by atoms with Gasteiger partial charge in [0.1, 0.15) is 11.5 Å². The first-order chi connectivity index (χ1) is 14.6. The molecule has 0 saturated heterocycles. The molecule has 0 unspecified atom stereocenters. The van der Waals surface area contributed by atoms with Gasteiger partial charge in [-0.25, -0.2) is 0 Å². The molecule has 0 heterocycles. The van der Waals surface area contributed by atoms with E-state index in [2.05, 4.69) is 5.32 Å². The molecule has 0 fully saturated rings. The van der Waals surface area contributed by atoms with Crippen LogP contribution in [0, 0.1) is 0 Å². The van der Waals surface area contributed by atoms with Crippen LogP contribution in [0.25, 0.3) is 10.8 Å². The molecule has 0 aliphatic heterocycles. The van der Waals surface area contributed by atoms with E-state index in [4.69, 9.17) is 21.1 Å². The van der Waals surface area contributed by atoms with Crippen molar-refractivity contribution in [2.75, 3.05) is 5.32 Å². The fourth-order valence-electron chi connectivity index (χ4n) is 3.08. The van der Waals surface area contributed by atoms with Gasteiger partial charge in [-0.15, -0.1) is 0 Å². The van der Waals surface area contributed by atoms with Crippen molar-refractivity contribution in [2.45, 2.75) is 13.0 Å². The second-order valence-electron chi connectivity index (χ2n) is 6.78. The number of ether oxygens (including phenoxy) is 2. The summed E-state index contributed by atoms with van der Waals surface area (Å²) >= 11 is 6.14. The summed E-state index contributed by atoms with van der Waals surface area (Å²) in [4.78, 5) is 12.8. The topological polar surface area (TPSA) is 47.6 Å². The normalized spacial score (nSPS) is 11.7. The molecule has 4 nitrogen and oxygen atoms in total. The molecule has 0 aromatic heterocycles. The zero-order valence-corrected chi connectivity index (χ0v) is 17.1. The highest BCUT2D eigenvalue weighted by molar-refractivity contribution is 6.31. The summed E-state index contributed by atoms with van der Waals surface area (Å²) in [5.74, 6) is 1.51. The Hall–Kier alpha value is -3.50. The van der Waals surface area contributed by atoms with E-state index in [1.807, 2.05) is 72.8 Å². The summed E-state index contributed by atoms with van der Waals surface area (Å²) in [6.45, 7) is 1.71. The van der Waals surface area contributed by atoms with Crippen molar-refractivity contribution in [3.05, 3.63) is 96.0 Å². The van der Waals surface area contributed by atoms with Crippen LogP contribution >= 0.6 is 11.6 Å². The second-order valence-corrected chi connectivity index (χ2v) is 7.22. The van der Waals surface area contributed by atoms with Crippen LogP contribution in [0.3, 0.4) is 0 Å². The summed E-state index contributed by atoms with van der Waals surface area (Å²) in [5.41, 5.74) is 0.477. The van der Waals surface area contributed by atoms with Crippen molar-refractivity contribution < 1.29 is 14.3 Å². The van der Waals surface area contributed by atoms with Gasteiger partial charge in [-0.2, -0.15) is 0 Å². The minimum Gasteiger partial charge on any atom is -0.480 e.